The lowest BCUT2D eigenvalue weighted by atomic mass is 10.1. The number of rotatable bonds is 7. The molecule has 0 atom stereocenters. The van der Waals surface area contributed by atoms with Crippen molar-refractivity contribution in [3.63, 3.8) is 0 Å². The molecule has 0 radical (unpaired) electrons. The summed E-state index contributed by atoms with van der Waals surface area (Å²) in [5.74, 6) is -0.0826. The van der Waals surface area contributed by atoms with Crippen LogP contribution in [-0.4, -0.2) is 34.5 Å². The predicted molar refractivity (Wildman–Crippen MR) is 113 cm³/mol. The fourth-order valence-corrected chi connectivity index (χ4v) is 2.97. The van der Waals surface area contributed by atoms with Crippen molar-refractivity contribution in [1.82, 2.24) is 14.9 Å². The highest BCUT2D eigenvalue weighted by Crippen LogP contribution is 2.18. The number of amides is 2. The maximum atomic E-state index is 12.6. The molecule has 9 heteroatoms. The van der Waals surface area contributed by atoms with Crippen molar-refractivity contribution in [3.05, 3.63) is 68.7 Å². The van der Waals surface area contributed by atoms with E-state index in [0.29, 0.717) is 41.1 Å². The summed E-state index contributed by atoms with van der Waals surface area (Å²) in [5.41, 5.74) is 0.464. The van der Waals surface area contributed by atoms with E-state index >= 15 is 0 Å². The molecule has 0 spiro atoms. The van der Waals surface area contributed by atoms with Crippen molar-refractivity contribution >= 4 is 28.5 Å². The summed E-state index contributed by atoms with van der Waals surface area (Å²) in [6, 6.07) is 11.3. The van der Waals surface area contributed by atoms with Crippen molar-refractivity contribution in [2.45, 2.75) is 20.4 Å². The van der Waals surface area contributed by atoms with Crippen LogP contribution in [0.25, 0.3) is 11.0 Å². The highest BCUT2D eigenvalue weighted by Gasteiger charge is 2.11. The van der Waals surface area contributed by atoms with Gasteiger partial charge in [0.1, 0.15) is 5.75 Å². The largest absolute Gasteiger partial charge is 0.484 e. The van der Waals surface area contributed by atoms with Gasteiger partial charge in [0.15, 0.2) is 6.61 Å². The number of aromatic nitrogens is 2. The quantitative estimate of drug-likeness (QED) is 0.509. The average Bonchev–Trinajstić information content (AvgIpc) is 2.74. The Morgan fingerprint density at radius 3 is 2.47 bits per heavy atom. The van der Waals surface area contributed by atoms with Gasteiger partial charge in [0.25, 0.3) is 11.8 Å². The third kappa shape index (κ3) is 4.57. The molecule has 2 aromatic carbocycles. The maximum Gasteiger partial charge on any atom is 0.316 e. The monoisotopic (exact) mass is 410 g/mol. The molecular weight excluding hydrogens is 388 g/mol. The van der Waals surface area contributed by atoms with Gasteiger partial charge in [-0.25, -0.2) is 0 Å². The number of H-pyrrole nitrogens is 1. The molecule has 0 aliphatic rings. The standard InChI is InChI=1S/C21H22N4O5/c1-3-22-18(26)12-30-15-8-6-14(7-9-15)23-19(27)13-5-10-17-16(11-13)24-20(28)21(29)25(17)4-2/h5-11H,3-4,12H2,1-2H3,(H,22,26)(H,23,27)(H,24,28). The van der Waals surface area contributed by atoms with Crippen LogP contribution < -0.4 is 26.5 Å². The minimum absolute atomic E-state index is 0.0856. The van der Waals surface area contributed by atoms with Crippen LogP contribution in [0.4, 0.5) is 5.69 Å². The fourth-order valence-electron chi connectivity index (χ4n) is 2.97. The molecule has 0 unspecified atom stereocenters. The van der Waals surface area contributed by atoms with E-state index in [9.17, 15) is 19.2 Å². The summed E-state index contributed by atoms with van der Waals surface area (Å²) < 4.78 is 6.73. The van der Waals surface area contributed by atoms with Crippen LogP contribution in [0.2, 0.25) is 0 Å². The van der Waals surface area contributed by atoms with Gasteiger partial charge in [-0.05, 0) is 56.3 Å². The highest BCUT2D eigenvalue weighted by atomic mass is 16.5. The molecule has 3 aromatic rings. The Labute approximate surface area is 171 Å². The molecule has 0 aliphatic heterocycles. The van der Waals surface area contributed by atoms with Crippen LogP contribution in [0, 0.1) is 0 Å². The Morgan fingerprint density at radius 1 is 1.07 bits per heavy atom. The highest BCUT2D eigenvalue weighted by molar-refractivity contribution is 6.05. The van der Waals surface area contributed by atoms with Crippen LogP contribution in [-0.2, 0) is 11.3 Å². The first-order chi connectivity index (χ1) is 14.4. The van der Waals surface area contributed by atoms with Crippen LogP contribution in [0.1, 0.15) is 24.2 Å². The number of nitrogens with one attached hydrogen (secondary N) is 3. The lowest BCUT2D eigenvalue weighted by Crippen LogP contribution is -2.36. The first-order valence-electron chi connectivity index (χ1n) is 9.50. The number of ether oxygens (including phenoxy) is 1. The van der Waals surface area contributed by atoms with E-state index in [1.165, 1.54) is 10.6 Å². The number of carbonyl (C=O) groups excluding carboxylic acids is 2. The van der Waals surface area contributed by atoms with Crippen LogP contribution in [0.3, 0.4) is 0 Å². The SMILES string of the molecule is CCNC(=O)COc1ccc(NC(=O)c2ccc3c(c2)[nH]c(=O)c(=O)n3CC)cc1. The van der Waals surface area contributed by atoms with Gasteiger partial charge < -0.3 is 24.9 Å². The molecule has 156 valence electrons. The molecule has 0 saturated carbocycles. The van der Waals surface area contributed by atoms with Gasteiger partial charge in [-0.1, -0.05) is 0 Å². The van der Waals surface area contributed by atoms with E-state index in [1.807, 2.05) is 6.92 Å². The first-order valence-corrected chi connectivity index (χ1v) is 9.50. The summed E-state index contributed by atoms with van der Waals surface area (Å²) in [4.78, 5) is 50.3. The van der Waals surface area contributed by atoms with Gasteiger partial charge in [0.05, 0.1) is 11.0 Å². The molecule has 9 nitrogen and oxygen atoms in total. The Bertz CT molecular complexity index is 1190. The smallest absolute Gasteiger partial charge is 0.316 e. The molecule has 0 fully saturated rings. The fraction of sp³-hybridized carbons (Fsp3) is 0.238. The summed E-state index contributed by atoms with van der Waals surface area (Å²) >= 11 is 0. The third-order valence-electron chi connectivity index (χ3n) is 4.41. The van der Waals surface area contributed by atoms with Crippen molar-refractivity contribution in [2.24, 2.45) is 0 Å². The molecule has 1 heterocycles. The van der Waals surface area contributed by atoms with Crippen LogP contribution in [0.5, 0.6) is 5.75 Å². The Balaban J connectivity index is 1.73. The number of nitrogens with zero attached hydrogens (tertiary/aromatic N) is 1. The molecule has 0 bridgehead atoms. The zero-order valence-electron chi connectivity index (χ0n) is 16.7. The van der Waals surface area contributed by atoms with Gasteiger partial charge in [-0.3, -0.25) is 19.2 Å². The van der Waals surface area contributed by atoms with E-state index in [4.69, 9.17) is 4.74 Å². The minimum Gasteiger partial charge on any atom is -0.484 e. The number of aromatic amines is 1. The van der Waals surface area contributed by atoms with Crippen molar-refractivity contribution < 1.29 is 14.3 Å². The Hall–Kier alpha value is -3.88. The van der Waals surface area contributed by atoms with Crippen molar-refractivity contribution in [2.75, 3.05) is 18.5 Å². The van der Waals surface area contributed by atoms with E-state index < -0.39 is 11.1 Å². The minimum atomic E-state index is -0.731. The first kappa shape index (κ1) is 20.8. The number of carbonyl (C=O) groups is 2. The molecule has 3 N–H and O–H groups in total. The zero-order chi connectivity index (χ0) is 21.7. The summed E-state index contributed by atoms with van der Waals surface area (Å²) in [7, 11) is 0. The molecule has 0 aliphatic carbocycles. The van der Waals surface area contributed by atoms with Gasteiger partial charge >= 0.3 is 11.1 Å². The molecule has 0 saturated heterocycles. The second-order valence-electron chi connectivity index (χ2n) is 6.46. The van der Waals surface area contributed by atoms with Gasteiger partial charge in [0, 0.05) is 24.3 Å². The number of anilines is 1. The lowest BCUT2D eigenvalue weighted by molar-refractivity contribution is -0.122. The van der Waals surface area contributed by atoms with E-state index in [2.05, 4.69) is 15.6 Å². The molecule has 1 aromatic heterocycles. The van der Waals surface area contributed by atoms with Gasteiger partial charge in [-0.2, -0.15) is 0 Å². The van der Waals surface area contributed by atoms with Crippen LogP contribution in [0.15, 0.2) is 52.1 Å². The Kier molecular flexibility index (Phi) is 6.31. The molecule has 30 heavy (non-hydrogen) atoms. The van der Waals surface area contributed by atoms with Crippen molar-refractivity contribution in [3.8, 4) is 5.75 Å². The number of hydrogen-bond donors (Lipinski definition) is 3. The molecule has 2 amide bonds. The summed E-state index contributed by atoms with van der Waals surface area (Å²) in [6.07, 6.45) is 0. The lowest BCUT2D eigenvalue weighted by Gasteiger charge is -2.10. The van der Waals surface area contributed by atoms with Crippen LogP contribution >= 0.6 is 0 Å². The average molecular weight is 410 g/mol. The van der Waals surface area contributed by atoms with Gasteiger partial charge in [0.2, 0.25) is 0 Å². The summed E-state index contributed by atoms with van der Waals surface area (Å²) in [6.45, 7) is 4.39. The third-order valence-corrected chi connectivity index (χ3v) is 4.41. The number of aryl methyl sites for hydroxylation is 1. The van der Waals surface area contributed by atoms with E-state index in [-0.39, 0.29) is 18.4 Å². The Morgan fingerprint density at radius 2 is 1.80 bits per heavy atom. The molecule has 3 rings (SSSR count). The maximum absolute atomic E-state index is 12.6. The topological polar surface area (TPSA) is 122 Å². The number of hydrogen-bond acceptors (Lipinski definition) is 5. The number of likely N-dealkylation sites (N-methyl/N-ethyl adjacent to an activating group) is 1. The zero-order valence-corrected chi connectivity index (χ0v) is 16.7. The van der Waals surface area contributed by atoms with E-state index in [0.717, 1.165) is 0 Å². The summed E-state index contributed by atoms with van der Waals surface area (Å²) in [5, 5.41) is 5.39. The normalized spacial score (nSPS) is 10.6. The van der Waals surface area contributed by atoms with Gasteiger partial charge in [-0.15, -0.1) is 0 Å². The number of benzene rings is 2. The second-order valence-corrected chi connectivity index (χ2v) is 6.46. The van der Waals surface area contributed by atoms with Crippen molar-refractivity contribution in [1.29, 1.82) is 0 Å². The van der Waals surface area contributed by atoms with E-state index in [1.54, 1.807) is 43.3 Å². The molecular formula is C21H22N4O5. The number of fused-ring (bicyclic) bond motifs is 1. The second kappa shape index (κ2) is 9.08. The predicted octanol–water partition coefficient (Wildman–Crippen LogP) is 1.48.